The van der Waals surface area contributed by atoms with Crippen LogP contribution < -0.4 is 0 Å². The van der Waals surface area contributed by atoms with Crippen LogP contribution in [0.1, 0.15) is 48.9 Å². The Hall–Kier alpha value is -1.89. The average molecular weight is 482 g/mol. The predicted octanol–water partition coefficient (Wildman–Crippen LogP) is 7.99. The summed E-state index contributed by atoms with van der Waals surface area (Å²) in [6, 6.07) is 12.3. The molecule has 0 amide bonds. The third-order valence-corrected chi connectivity index (χ3v) is 6.06. The number of ether oxygens (including phenoxy) is 1. The van der Waals surface area contributed by atoms with E-state index in [0.717, 1.165) is 39.1 Å². The summed E-state index contributed by atoms with van der Waals surface area (Å²) >= 11 is 1.92. The van der Waals surface area contributed by atoms with Crippen LogP contribution in [-0.2, 0) is 17.7 Å². The number of hydrogen-bond donors (Lipinski definition) is 0. The summed E-state index contributed by atoms with van der Waals surface area (Å²) in [5.41, 5.74) is 3.27. The summed E-state index contributed by atoms with van der Waals surface area (Å²) in [5, 5.41) is 0. The van der Waals surface area contributed by atoms with Crippen LogP contribution in [0.5, 0.6) is 0 Å². The Morgan fingerprint density at radius 2 is 1.64 bits per heavy atom. The molecule has 1 aromatic heterocycles. The van der Waals surface area contributed by atoms with Crippen LogP contribution in [0, 0.1) is 6.92 Å². The molecule has 184 valence electrons. The third kappa shape index (κ3) is 12.2. The van der Waals surface area contributed by atoms with Crippen molar-refractivity contribution in [2.45, 2.75) is 59.7 Å². The number of benzene rings is 1. The summed E-state index contributed by atoms with van der Waals surface area (Å²) < 4.78 is 40.4. The molecule has 6 heteroatoms. The zero-order valence-corrected chi connectivity index (χ0v) is 21.4. The fraction of sp³-hybridized carbons (Fsp3) is 0.481. The van der Waals surface area contributed by atoms with Crippen molar-refractivity contribution in [3.63, 3.8) is 0 Å². The lowest BCUT2D eigenvalue weighted by molar-refractivity contribution is -0.127. The molecule has 0 atom stereocenters. The SMILES string of the molecule is C/C=C1/CCN(Cc2ccc(C)s2)CC/C1=C/COC.CC.FC(F)(F)Cc1ccccc1. The Balaban J connectivity index is 0.000000354. The van der Waals surface area contributed by atoms with Crippen molar-refractivity contribution in [2.24, 2.45) is 0 Å². The Morgan fingerprint density at radius 1 is 1.00 bits per heavy atom. The van der Waals surface area contributed by atoms with E-state index in [-0.39, 0.29) is 0 Å². The van der Waals surface area contributed by atoms with Crippen LogP contribution >= 0.6 is 11.3 Å². The lowest BCUT2D eigenvalue weighted by atomic mass is 10.0. The molecule has 1 saturated heterocycles. The van der Waals surface area contributed by atoms with Crippen molar-refractivity contribution < 1.29 is 17.9 Å². The van der Waals surface area contributed by atoms with Gasteiger partial charge in [0.2, 0.25) is 0 Å². The van der Waals surface area contributed by atoms with Crippen molar-refractivity contribution in [1.82, 2.24) is 4.90 Å². The van der Waals surface area contributed by atoms with E-state index in [1.807, 2.05) is 25.2 Å². The first kappa shape index (κ1) is 29.1. The van der Waals surface area contributed by atoms with Gasteiger partial charge in [0, 0.05) is 36.5 Å². The zero-order chi connectivity index (χ0) is 24.7. The van der Waals surface area contributed by atoms with Gasteiger partial charge in [0.25, 0.3) is 0 Å². The Kier molecular flexibility index (Phi) is 14.0. The smallest absolute Gasteiger partial charge is 0.381 e. The molecule has 1 aliphatic rings. The second-order valence-corrected chi connectivity index (χ2v) is 8.94. The third-order valence-electron chi connectivity index (χ3n) is 5.07. The maximum atomic E-state index is 11.7. The number of alkyl halides is 3. The largest absolute Gasteiger partial charge is 0.393 e. The summed E-state index contributed by atoms with van der Waals surface area (Å²) in [6.45, 7) is 12.4. The van der Waals surface area contributed by atoms with Gasteiger partial charge in [-0.1, -0.05) is 56.3 Å². The van der Waals surface area contributed by atoms with Gasteiger partial charge in [0.15, 0.2) is 0 Å². The molecule has 1 aromatic carbocycles. The standard InChI is InChI=1S/C17H25NOS.C8H7F3.C2H6/c1-4-15-7-10-18(11-8-16(15)9-12-19-3)13-17-6-5-14(2)20-17;9-8(10,11)6-7-4-2-1-3-5-7;1-2/h4-6,9H,7-8,10-13H2,1-3H3;1-5H,6H2;1-2H3/b15-4-,16-9-;;. The second-order valence-electron chi connectivity index (χ2n) is 7.56. The van der Waals surface area contributed by atoms with E-state index in [4.69, 9.17) is 4.74 Å². The van der Waals surface area contributed by atoms with Gasteiger partial charge >= 0.3 is 6.18 Å². The van der Waals surface area contributed by atoms with E-state index in [0.29, 0.717) is 5.56 Å². The Labute approximate surface area is 201 Å². The van der Waals surface area contributed by atoms with Crippen molar-refractivity contribution >= 4 is 11.3 Å². The average Bonchev–Trinajstić information content (AvgIpc) is 3.10. The van der Waals surface area contributed by atoms with Crippen molar-refractivity contribution in [3.8, 4) is 0 Å². The van der Waals surface area contributed by atoms with Crippen LogP contribution in [0.25, 0.3) is 0 Å². The molecule has 0 saturated carbocycles. The van der Waals surface area contributed by atoms with E-state index in [1.165, 1.54) is 33.0 Å². The van der Waals surface area contributed by atoms with Crippen LogP contribution in [0.2, 0.25) is 0 Å². The molecule has 0 N–H and O–H groups in total. The number of methoxy groups -OCH3 is 1. The van der Waals surface area contributed by atoms with E-state index in [2.05, 4.69) is 43.0 Å². The lowest BCUT2D eigenvalue weighted by Crippen LogP contribution is -2.23. The zero-order valence-electron chi connectivity index (χ0n) is 20.5. The van der Waals surface area contributed by atoms with Gasteiger partial charge in [-0.25, -0.2) is 0 Å². The molecule has 1 aliphatic heterocycles. The monoisotopic (exact) mass is 481 g/mol. The highest BCUT2D eigenvalue weighted by molar-refractivity contribution is 7.11. The first-order valence-corrected chi connectivity index (χ1v) is 12.3. The van der Waals surface area contributed by atoms with Crippen molar-refractivity contribution in [2.75, 3.05) is 26.8 Å². The van der Waals surface area contributed by atoms with Gasteiger partial charge in [-0.2, -0.15) is 13.2 Å². The minimum atomic E-state index is -4.10. The second kappa shape index (κ2) is 15.9. The highest BCUT2D eigenvalue weighted by Crippen LogP contribution is 2.25. The van der Waals surface area contributed by atoms with Crippen LogP contribution in [0.4, 0.5) is 13.2 Å². The van der Waals surface area contributed by atoms with Crippen molar-refractivity contribution in [3.05, 3.63) is 81.1 Å². The van der Waals surface area contributed by atoms with E-state index >= 15 is 0 Å². The number of halogens is 3. The molecular weight excluding hydrogens is 443 g/mol. The molecular formula is C27H38F3NOS. The minimum absolute atomic E-state index is 0.306. The number of aryl methyl sites for hydroxylation is 1. The Bertz CT molecular complexity index is 841. The molecule has 0 bridgehead atoms. The van der Waals surface area contributed by atoms with Crippen molar-refractivity contribution in [1.29, 1.82) is 0 Å². The summed E-state index contributed by atoms with van der Waals surface area (Å²) in [7, 11) is 1.76. The number of nitrogens with zero attached hydrogens (tertiary/aromatic N) is 1. The normalized spacial score (nSPS) is 17.1. The molecule has 3 rings (SSSR count). The topological polar surface area (TPSA) is 12.5 Å². The number of likely N-dealkylation sites (tertiary alicyclic amines) is 1. The molecule has 1 fully saturated rings. The predicted molar refractivity (Wildman–Crippen MR) is 135 cm³/mol. The fourth-order valence-electron chi connectivity index (χ4n) is 3.51. The van der Waals surface area contributed by atoms with E-state index < -0.39 is 12.6 Å². The summed E-state index contributed by atoms with van der Waals surface area (Å²) in [6.07, 6.45) is 1.85. The van der Waals surface area contributed by atoms with Gasteiger partial charge in [0.1, 0.15) is 0 Å². The molecule has 0 radical (unpaired) electrons. The van der Waals surface area contributed by atoms with E-state index in [1.54, 1.807) is 25.3 Å². The first-order valence-electron chi connectivity index (χ1n) is 11.5. The lowest BCUT2D eigenvalue weighted by Gasteiger charge is -2.18. The molecule has 0 aliphatic carbocycles. The van der Waals surface area contributed by atoms with Gasteiger partial charge in [-0.3, -0.25) is 4.90 Å². The quantitative estimate of drug-likeness (QED) is 0.429. The molecule has 2 heterocycles. The van der Waals surface area contributed by atoms with Gasteiger partial charge in [0.05, 0.1) is 13.0 Å². The van der Waals surface area contributed by atoms with E-state index in [9.17, 15) is 13.2 Å². The molecule has 33 heavy (non-hydrogen) atoms. The van der Waals surface area contributed by atoms with Crippen LogP contribution in [0.15, 0.2) is 65.8 Å². The first-order chi connectivity index (χ1) is 15.8. The van der Waals surface area contributed by atoms with Crippen LogP contribution in [-0.4, -0.2) is 37.9 Å². The minimum Gasteiger partial charge on any atom is -0.381 e. The number of allylic oxidation sites excluding steroid dienone is 1. The summed E-state index contributed by atoms with van der Waals surface area (Å²) in [4.78, 5) is 5.46. The van der Waals surface area contributed by atoms with Crippen LogP contribution in [0.3, 0.4) is 0 Å². The number of rotatable bonds is 5. The maximum absolute atomic E-state index is 11.7. The molecule has 0 spiro atoms. The maximum Gasteiger partial charge on any atom is 0.393 e. The number of hydrogen-bond acceptors (Lipinski definition) is 3. The van der Waals surface area contributed by atoms with Gasteiger partial charge in [-0.05, 0) is 55.5 Å². The van der Waals surface area contributed by atoms with Gasteiger partial charge < -0.3 is 4.74 Å². The summed E-state index contributed by atoms with van der Waals surface area (Å²) in [5.74, 6) is 0. The molecule has 2 aromatic rings. The Morgan fingerprint density at radius 3 is 2.15 bits per heavy atom. The highest BCUT2D eigenvalue weighted by atomic mass is 32.1. The molecule has 0 unspecified atom stereocenters. The number of thiophene rings is 1. The highest BCUT2D eigenvalue weighted by Gasteiger charge is 2.27. The molecule has 2 nitrogen and oxygen atoms in total. The van der Waals surface area contributed by atoms with Gasteiger partial charge in [-0.15, -0.1) is 11.3 Å². The fourth-order valence-corrected chi connectivity index (χ4v) is 4.45.